The Kier molecular flexibility index (Phi) is 8.54. The average Bonchev–Trinajstić information content (AvgIpc) is 2.83. The molecule has 1 heterocycles. The number of halogens is 1. The molecular weight excluding hydrogens is 434 g/mol. The van der Waals surface area contributed by atoms with E-state index in [2.05, 4.69) is 36.1 Å². The quantitative estimate of drug-likeness (QED) is 0.388. The summed E-state index contributed by atoms with van der Waals surface area (Å²) < 4.78 is 11.6. The van der Waals surface area contributed by atoms with Crippen molar-refractivity contribution in [2.45, 2.75) is 77.9 Å². The Morgan fingerprint density at radius 2 is 1.76 bits per heavy atom. The van der Waals surface area contributed by atoms with E-state index in [0.717, 1.165) is 72.8 Å². The predicted molar refractivity (Wildman–Crippen MR) is 135 cm³/mol. The van der Waals surface area contributed by atoms with E-state index < -0.39 is 0 Å². The number of likely N-dealkylation sites (tertiary alicyclic amines) is 1. The highest BCUT2D eigenvalue weighted by atomic mass is 35.5. The first-order chi connectivity index (χ1) is 16.1. The fourth-order valence-corrected chi connectivity index (χ4v) is 5.74. The van der Waals surface area contributed by atoms with Crippen molar-refractivity contribution < 1.29 is 14.3 Å². The van der Waals surface area contributed by atoms with E-state index in [1.165, 1.54) is 31.2 Å². The van der Waals surface area contributed by atoms with Gasteiger partial charge in [0, 0.05) is 11.9 Å². The Morgan fingerprint density at radius 3 is 2.45 bits per heavy atom. The number of ether oxygens (including phenoxy) is 2. The normalized spacial score (nSPS) is 22.4. The van der Waals surface area contributed by atoms with Crippen molar-refractivity contribution >= 4 is 28.3 Å². The second-order valence-electron chi connectivity index (χ2n) is 9.78. The zero-order valence-electron chi connectivity index (χ0n) is 20.2. The van der Waals surface area contributed by atoms with Crippen LogP contribution < -0.4 is 4.74 Å². The summed E-state index contributed by atoms with van der Waals surface area (Å²) in [6, 6.07) is 10.7. The van der Waals surface area contributed by atoms with Gasteiger partial charge in [-0.1, -0.05) is 49.6 Å². The maximum Gasteiger partial charge on any atom is 0.309 e. The van der Waals surface area contributed by atoms with Gasteiger partial charge in [-0.3, -0.25) is 9.69 Å². The lowest BCUT2D eigenvalue weighted by Crippen LogP contribution is -2.36. The lowest BCUT2D eigenvalue weighted by molar-refractivity contribution is -0.149. The van der Waals surface area contributed by atoms with Crippen LogP contribution in [0.4, 0.5) is 0 Å². The molecule has 1 aliphatic heterocycles. The van der Waals surface area contributed by atoms with Crippen molar-refractivity contribution in [2.24, 2.45) is 11.8 Å². The Balaban J connectivity index is 1.38. The van der Waals surface area contributed by atoms with Crippen LogP contribution in [-0.2, 0) is 16.1 Å². The molecule has 2 aliphatic rings. The molecule has 0 amide bonds. The maximum absolute atomic E-state index is 12.0. The molecule has 4 nitrogen and oxygen atoms in total. The van der Waals surface area contributed by atoms with Crippen LogP contribution in [0.25, 0.3) is 10.8 Å². The first kappa shape index (κ1) is 24.3. The van der Waals surface area contributed by atoms with Crippen molar-refractivity contribution in [3.05, 3.63) is 40.9 Å². The minimum absolute atomic E-state index is 0.0407. The molecule has 4 rings (SSSR count). The first-order valence-corrected chi connectivity index (χ1v) is 13.2. The molecule has 2 aromatic carbocycles. The minimum Gasteiger partial charge on any atom is -0.489 e. The lowest BCUT2D eigenvalue weighted by Gasteiger charge is -2.31. The lowest BCUT2D eigenvalue weighted by atomic mass is 9.85. The molecule has 5 heteroatoms. The number of rotatable bonds is 8. The van der Waals surface area contributed by atoms with Gasteiger partial charge in [0.25, 0.3) is 0 Å². The standard InChI is InChI=1S/C28H38ClNO3/c1-3-5-20-7-11-24(12-8-20)33-26-13-10-22-9-6-21(18-25(22)27(26)29)19-30-16-14-23(15-17-30)28(31)32-4-2/h6,9-10,13,18,20,23-24H,3-5,7-8,11-12,14-17,19H2,1-2H3. The molecular formula is C28H38ClNO3. The summed E-state index contributed by atoms with van der Waals surface area (Å²) in [5, 5.41) is 2.93. The molecule has 0 bridgehead atoms. The molecule has 0 spiro atoms. The third-order valence-electron chi connectivity index (χ3n) is 7.38. The van der Waals surface area contributed by atoms with E-state index >= 15 is 0 Å². The van der Waals surface area contributed by atoms with Gasteiger partial charge in [-0.15, -0.1) is 0 Å². The van der Waals surface area contributed by atoms with Crippen LogP contribution in [0.15, 0.2) is 30.3 Å². The number of carbonyl (C=O) groups excluding carboxylic acids is 1. The van der Waals surface area contributed by atoms with E-state index in [9.17, 15) is 4.79 Å². The SMILES string of the molecule is CCCC1CCC(Oc2ccc3ccc(CN4CCC(C(=O)OCC)CC4)cc3c2Cl)CC1. The number of fused-ring (bicyclic) bond motifs is 1. The fraction of sp³-hybridized carbons (Fsp3) is 0.607. The summed E-state index contributed by atoms with van der Waals surface area (Å²) in [6.07, 6.45) is 9.41. The molecule has 33 heavy (non-hydrogen) atoms. The summed E-state index contributed by atoms with van der Waals surface area (Å²) in [5.74, 6) is 1.69. The highest BCUT2D eigenvalue weighted by Gasteiger charge is 2.26. The molecule has 1 saturated heterocycles. The molecule has 0 unspecified atom stereocenters. The Labute approximate surface area is 203 Å². The van der Waals surface area contributed by atoms with Gasteiger partial charge in [-0.05, 0) is 87.5 Å². The van der Waals surface area contributed by atoms with Crippen molar-refractivity contribution in [1.29, 1.82) is 0 Å². The third-order valence-corrected chi connectivity index (χ3v) is 7.77. The van der Waals surface area contributed by atoms with Crippen LogP contribution in [0.2, 0.25) is 5.02 Å². The highest BCUT2D eigenvalue weighted by Crippen LogP contribution is 2.37. The average molecular weight is 472 g/mol. The van der Waals surface area contributed by atoms with Crippen LogP contribution in [0.5, 0.6) is 5.75 Å². The van der Waals surface area contributed by atoms with E-state index in [1.54, 1.807) is 0 Å². The monoisotopic (exact) mass is 471 g/mol. The van der Waals surface area contributed by atoms with Crippen molar-refractivity contribution in [3.8, 4) is 5.75 Å². The highest BCUT2D eigenvalue weighted by molar-refractivity contribution is 6.37. The number of piperidine rings is 1. The largest absolute Gasteiger partial charge is 0.489 e. The molecule has 0 atom stereocenters. The van der Waals surface area contributed by atoms with Gasteiger partial charge < -0.3 is 9.47 Å². The molecule has 2 aromatic rings. The summed E-state index contributed by atoms with van der Waals surface area (Å²) in [5.41, 5.74) is 1.25. The van der Waals surface area contributed by atoms with Gasteiger partial charge in [-0.25, -0.2) is 0 Å². The first-order valence-electron chi connectivity index (χ1n) is 12.8. The molecule has 0 radical (unpaired) electrons. The zero-order chi connectivity index (χ0) is 23.2. The van der Waals surface area contributed by atoms with E-state index in [0.29, 0.717) is 6.61 Å². The van der Waals surface area contributed by atoms with Gasteiger partial charge in [0.1, 0.15) is 5.75 Å². The van der Waals surface area contributed by atoms with Gasteiger partial charge >= 0.3 is 5.97 Å². The molecule has 1 aliphatic carbocycles. The Morgan fingerprint density at radius 1 is 1.03 bits per heavy atom. The summed E-state index contributed by atoms with van der Waals surface area (Å²) >= 11 is 6.85. The number of nitrogens with zero attached hydrogens (tertiary/aromatic N) is 1. The second kappa shape index (κ2) is 11.6. The van der Waals surface area contributed by atoms with Gasteiger partial charge in [0.2, 0.25) is 0 Å². The van der Waals surface area contributed by atoms with E-state index in [-0.39, 0.29) is 18.0 Å². The summed E-state index contributed by atoms with van der Waals surface area (Å²) in [7, 11) is 0. The Hall–Kier alpha value is -1.78. The molecule has 0 N–H and O–H groups in total. The third kappa shape index (κ3) is 6.22. The number of hydrogen-bond donors (Lipinski definition) is 0. The fourth-order valence-electron chi connectivity index (χ4n) is 5.47. The second-order valence-corrected chi connectivity index (χ2v) is 10.2. The molecule has 0 aromatic heterocycles. The topological polar surface area (TPSA) is 38.8 Å². The van der Waals surface area contributed by atoms with Crippen molar-refractivity contribution in [3.63, 3.8) is 0 Å². The molecule has 180 valence electrons. The number of carbonyl (C=O) groups is 1. The number of esters is 1. The van der Waals surface area contributed by atoms with Gasteiger partial charge in [0.05, 0.1) is 23.7 Å². The molecule has 1 saturated carbocycles. The Bertz CT molecular complexity index is 930. The number of hydrogen-bond acceptors (Lipinski definition) is 4. The van der Waals surface area contributed by atoms with E-state index in [1.807, 2.05) is 13.0 Å². The van der Waals surface area contributed by atoms with Gasteiger partial charge in [0.15, 0.2) is 0 Å². The van der Waals surface area contributed by atoms with Crippen molar-refractivity contribution in [2.75, 3.05) is 19.7 Å². The van der Waals surface area contributed by atoms with Crippen LogP contribution in [0, 0.1) is 11.8 Å². The zero-order valence-corrected chi connectivity index (χ0v) is 20.9. The summed E-state index contributed by atoms with van der Waals surface area (Å²) in [6.45, 7) is 7.30. The van der Waals surface area contributed by atoms with Crippen LogP contribution in [0.3, 0.4) is 0 Å². The number of benzene rings is 2. The van der Waals surface area contributed by atoms with Crippen LogP contribution in [-0.4, -0.2) is 36.7 Å². The van der Waals surface area contributed by atoms with Gasteiger partial charge in [-0.2, -0.15) is 0 Å². The maximum atomic E-state index is 12.0. The smallest absolute Gasteiger partial charge is 0.309 e. The predicted octanol–water partition coefficient (Wildman–Crippen LogP) is 7.01. The summed E-state index contributed by atoms with van der Waals surface area (Å²) in [4.78, 5) is 14.4. The van der Waals surface area contributed by atoms with Crippen LogP contribution >= 0.6 is 11.6 Å². The van der Waals surface area contributed by atoms with Crippen molar-refractivity contribution in [1.82, 2.24) is 4.90 Å². The van der Waals surface area contributed by atoms with E-state index in [4.69, 9.17) is 21.1 Å². The van der Waals surface area contributed by atoms with Crippen LogP contribution in [0.1, 0.15) is 70.8 Å². The minimum atomic E-state index is -0.0407. The molecule has 2 fully saturated rings.